The highest BCUT2D eigenvalue weighted by atomic mass is 32.2. The largest absolute Gasteiger partial charge is 0.416 e. The Kier molecular flexibility index (Phi) is 7.52. The summed E-state index contributed by atoms with van der Waals surface area (Å²) in [6, 6.07) is 3.84. The standard InChI is InChI=1S/C17H25F3N4OS/c1-12(2)26-15(21)23(16(25)22-9-10-24(3,4)5)14-8-6-7-13(11-14)17(18,19)20/h6-8,11-12,21H,9-10H2,1-5H3/p+1. The van der Waals surface area contributed by atoms with E-state index in [9.17, 15) is 18.0 Å². The van der Waals surface area contributed by atoms with Crippen LogP contribution in [-0.2, 0) is 6.18 Å². The van der Waals surface area contributed by atoms with Crippen LogP contribution in [0, 0.1) is 5.41 Å². The third kappa shape index (κ3) is 7.25. The van der Waals surface area contributed by atoms with Gasteiger partial charge in [-0.05, 0) is 18.2 Å². The Balaban J connectivity index is 3.09. The first kappa shape index (κ1) is 22.3. The number of hydrogen-bond acceptors (Lipinski definition) is 3. The predicted molar refractivity (Wildman–Crippen MR) is 101 cm³/mol. The minimum atomic E-state index is -4.52. The zero-order valence-electron chi connectivity index (χ0n) is 15.6. The van der Waals surface area contributed by atoms with Crippen molar-refractivity contribution in [2.24, 2.45) is 0 Å². The monoisotopic (exact) mass is 391 g/mol. The topological polar surface area (TPSA) is 56.2 Å². The average Bonchev–Trinajstić information content (AvgIpc) is 2.44. The summed E-state index contributed by atoms with van der Waals surface area (Å²) in [6.07, 6.45) is -4.52. The molecule has 5 nitrogen and oxygen atoms in total. The lowest BCUT2D eigenvalue weighted by Crippen LogP contribution is -2.47. The summed E-state index contributed by atoms with van der Waals surface area (Å²) in [4.78, 5) is 13.6. The molecule has 0 atom stereocenters. The number of quaternary nitrogens is 1. The maximum atomic E-state index is 13.0. The van der Waals surface area contributed by atoms with E-state index in [1.54, 1.807) is 0 Å². The molecule has 9 heteroatoms. The molecular formula is C17H26F3N4OS+. The first-order valence-corrected chi connectivity index (χ1v) is 9.00. The second-order valence-electron chi connectivity index (χ2n) is 7.10. The number of alkyl halides is 3. The van der Waals surface area contributed by atoms with Crippen LogP contribution < -0.4 is 10.2 Å². The highest BCUT2D eigenvalue weighted by Crippen LogP contribution is 2.32. The lowest BCUT2D eigenvalue weighted by Gasteiger charge is -2.27. The van der Waals surface area contributed by atoms with E-state index in [2.05, 4.69) is 5.32 Å². The molecule has 2 amide bonds. The highest BCUT2D eigenvalue weighted by Gasteiger charge is 2.32. The molecule has 0 aliphatic rings. The molecule has 26 heavy (non-hydrogen) atoms. The van der Waals surface area contributed by atoms with Gasteiger partial charge >= 0.3 is 12.2 Å². The van der Waals surface area contributed by atoms with Crippen LogP contribution in [0.5, 0.6) is 0 Å². The van der Waals surface area contributed by atoms with Crippen molar-refractivity contribution in [2.45, 2.75) is 25.3 Å². The summed E-state index contributed by atoms with van der Waals surface area (Å²) in [5.74, 6) is 0. The lowest BCUT2D eigenvalue weighted by molar-refractivity contribution is -0.869. The molecular weight excluding hydrogens is 365 g/mol. The number of carbonyl (C=O) groups is 1. The second-order valence-corrected chi connectivity index (χ2v) is 8.67. The third-order valence-corrected chi connectivity index (χ3v) is 4.12. The van der Waals surface area contributed by atoms with Gasteiger partial charge in [0.15, 0.2) is 5.17 Å². The smallest absolute Gasteiger partial charge is 0.332 e. The molecule has 0 bridgehead atoms. The predicted octanol–water partition coefficient (Wildman–Crippen LogP) is 4.00. The number of amidine groups is 1. The fraction of sp³-hybridized carbons (Fsp3) is 0.529. The molecule has 0 saturated carbocycles. The zero-order chi connectivity index (χ0) is 20.1. The molecule has 0 heterocycles. The number of rotatable bonds is 5. The number of anilines is 1. The van der Waals surface area contributed by atoms with Crippen LogP contribution in [0.1, 0.15) is 19.4 Å². The fourth-order valence-corrected chi connectivity index (χ4v) is 2.74. The number of nitrogens with one attached hydrogen (secondary N) is 2. The number of nitrogens with zero attached hydrogens (tertiary/aromatic N) is 2. The van der Waals surface area contributed by atoms with Gasteiger partial charge < -0.3 is 9.80 Å². The number of halogens is 3. The summed E-state index contributed by atoms with van der Waals surface area (Å²) in [7, 11) is 5.90. The summed E-state index contributed by atoms with van der Waals surface area (Å²) in [6.45, 7) is 4.68. The van der Waals surface area contributed by atoms with Crippen molar-refractivity contribution in [3.8, 4) is 0 Å². The molecule has 0 fully saturated rings. The van der Waals surface area contributed by atoms with Crippen LogP contribution in [0.2, 0.25) is 0 Å². The van der Waals surface area contributed by atoms with Crippen molar-refractivity contribution in [3.05, 3.63) is 29.8 Å². The molecule has 1 aromatic rings. The van der Waals surface area contributed by atoms with Crippen LogP contribution >= 0.6 is 11.8 Å². The summed E-state index contributed by atoms with van der Waals surface area (Å²) in [5, 5.41) is 10.7. The van der Waals surface area contributed by atoms with Crippen LogP contribution in [0.25, 0.3) is 0 Å². The summed E-state index contributed by atoms with van der Waals surface area (Å²) >= 11 is 1.10. The Morgan fingerprint density at radius 2 is 1.92 bits per heavy atom. The van der Waals surface area contributed by atoms with Gasteiger partial charge in [-0.25, -0.2) is 9.69 Å². The summed E-state index contributed by atoms with van der Waals surface area (Å²) < 4.78 is 39.6. The van der Waals surface area contributed by atoms with Gasteiger partial charge in [0.05, 0.1) is 45.5 Å². The van der Waals surface area contributed by atoms with E-state index in [1.807, 2.05) is 35.0 Å². The zero-order valence-corrected chi connectivity index (χ0v) is 16.5. The Morgan fingerprint density at radius 3 is 2.42 bits per heavy atom. The van der Waals surface area contributed by atoms with Gasteiger partial charge in [0.2, 0.25) is 0 Å². The fourth-order valence-electron chi connectivity index (χ4n) is 2.00. The SMILES string of the molecule is CC(C)SC(=N)N(C(=O)NCC[N+](C)(C)C)c1cccc(C(F)(F)F)c1. The Morgan fingerprint density at radius 1 is 1.31 bits per heavy atom. The van der Waals surface area contributed by atoms with Gasteiger partial charge in [0.1, 0.15) is 0 Å². The number of amides is 2. The first-order chi connectivity index (χ1) is 11.8. The summed E-state index contributed by atoms with van der Waals surface area (Å²) in [5.41, 5.74) is -0.845. The number of likely N-dealkylation sites (N-methyl/N-ethyl adjacent to an activating group) is 1. The average molecular weight is 391 g/mol. The lowest BCUT2D eigenvalue weighted by atomic mass is 10.2. The van der Waals surface area contributed by atoms with Crippen LogP contribution in [0.4, 0.5) is 23.7 Å². The van der Waals surface area contributed by atoms with Crippen molar-refractivity contribution >= 4 is 28.6 Å². The minimum absolute atomic E-state index is 0.00911. The second kappa shape index (κ2) is 8.77. The Labute approximate surface area is 156 Å². The molecule has 0 radical (unpaired) electrons. The van der Waals surface area contributed by atoms with Gasteiger partial charge in [0.25, 0.3) is 0 Å². The number of urea groups is 1. The van der Waals surface area contributed by atoms with Gasteiger partial charge in [0, 0.05) is 5.25 Å². The maximum absolute atomic E-state index is 13.0. The van der Waals surface area contributed by atoms with Gasteiger partial charge in [-0.3, -0.25) is 5.41 Å². The van der Waals surface area contributed by atoms with Crippen molar-refractivity contribution in [3.63, 3.8) is 0 Å². The van der Waals surface area contributed by atoms with Gasteiger partial charge in [-0.2, -0.15) is 13.2 Å². The van der Waals surface area contributed by atoms with E-state index in [0.717, 1.165) is 28.8 Å². The first-order valence-electron chi connectivity index (χ1n) is 8.12. The van der Waals surface area contributed by atoms with Crippen molar-refractivity contribution < 1.29 is 22.4 Å². The van der Waals surface area contributed by atoms with Crippen LogP contribution in [0.3, 0.4) is 0 Å². The Bertz CT molecular complexity index is 642. The Hall–Kier alpha value is -1.74. The number of carbonyl (C=O) groups excluding carboxylic acids is 1. The van der Waals surface area contributed by atoms with Crippen LogP contribution in [0.15, 0.2) is 24.3 Å². The van der Waals surface area contributed by atoms with Crippen molar-refractivity contribution in [1.29, 1.82) is 5.41 Å². The minimum Gasteiger partial charge on any atom is -0.332 e. The number of hydrogen-bond donors (Lipinski definition) is 2. The molecule has 0 unspecified atom stereocenters. The van der Waals surface area contributed by atoms with E-state index in [4.69, 9.17) is 5.41 Å². The molecule has 1 rings (SSSR count). The van der Waals surface area contributed by atoms with Gasteiger partial charge in [-0.1, -0.05) is 31.7 Å². The molecule has 0 aromatic heterocycles. The molecule has 1 aromatic carbocycles. The number of benzene rings is 1. The molecule has 0 saturated heterocycles. The van der Waals surface area contributed by atoms with Crippen molar-refractivity contribution in [2.75, 3.05) is 39.1 Å². The quantitative estimate of drug-likeness (QED) is 0.453. The molecule has 146 valence electrons. The van der Waals surface area contributed by atoms with E-state index >= 15 is 0 Å². The van der Waals surface area contributed by atoms with Crippen LogP contribution in [-0.4, -0.2) is 55.2 Å². The maximum Gasteiger partial charge on any atom is 0.416 e. The highest BCUT2D eigenvalue weighted by molar-refractivity contribution is 8.14. The molecule has 0 aliphatic heterocycles. The normalized spacial score (nSPS) is 12.2. The van der Waals surface area contributed by atoms with Gasteiger partial charge in [-0.15, -0.1) is 0 Å². The third-order valence-electron chi connectivity index (χ3n) is 3.24. The molecule has 0 aliphatic carbocycles. The molecule has 0 spiro atoms. The molecule has 2 N–H and O–H groups in total. The van der Waals surface area contributed by atoms with E-state index in [0.29, 0.717) is 17.6 Å². The van der Waals surface area contributed by atoms with Crippen molar-refractivity contribution in [1.82, 2.24) is 5.32 Å². The van der Waals surface area contributed by atoms with E-state index < -0.39 is 17.8 Å². The van der Waals surface area contributed by atoms with E-state index in [-0.39, 0.29) is 16.1 Å². The van der Waals surface area contributed by atoms with E-state index in [1.165, 1.54) is 12.1 Å². The number of thioether (sulfide) groups is 1.